The van der Waals surface area contributed by atoms with Crippen molar-refractivity contribution in [3.63, 3.8) is 0 Å². The summed E-state index contributed by atoms with van der Waals surface area (Å²) in [7, 11) is 1.39. The number of aromatic nitrogens is 2. The molecule has 1 atom stereocenters. The Bertz CT molecular complexity index is 826. The van der Waals surface area contributed by atoms with Crippen molar-refractivity contribution >= 4 is 12.0 Å². The van der Waals surface area contributed by atoms with Gasteiger partial charge in [0.25, 0.3) is 0 Å². The number of allylic oxidation sites excluding steroid dienone is 1. The van der Waals surface area contributed by atoms with E-state index in [1.165, 1.54) is 39.2 Å². The molecular weight excluding hydrogens is 388 g/mol. The van der Waals surface area contributed by atoms with E-state index in [4.69, 9.17) is 4.74 Å². The zero-order valence-corrected chi connectivity index (χ0v) is 19.3. The van der Waals surface area contributed by atoms with Crippen molar-refractivity contribution < 1.29 is 14.6 Å². The Morgan fingerprint density at radius 3 is 2.68 bits per heavy atom. The van der Waals surface area contributed by atoms with Gasteiger partial charge in [0.1, 0.15) is 0 Å². The van der Waals surface area contributed by atoms with E-state index < -0.39 is 6.10 Å². The number of benzene rings is 1. The lowest BCUT2D eigenvalue weighted by Crippen LogP contribution is -2.04. The van der Waals surface area contributed by atoms with Crippen LogP contribution in [0.25, 0.3) is 17.2 Å². The van der Waals surface area contributed by atoms with Gasteiger partial charge in [0.05, 0.1) is 19.4 Å². The number of ether oxygens (including phenoxy) is 1. The quantitative estimate of drug-likeness (QED) is 0.283. The molecule has 0 radical (unpaired) electrons. The molecule has 31 heavy (non-hydrogen) atoms. The molecule has 170 valence electrons. The number of aryl methyl sites for hydroxylation is 1. The van der Waals surface area contributed by atoms with Crippen molar-refractivity contribution in [3.05, 3.63) is 47.8 Å². The number of aliphatic hydroxyl groups is 1. The summed E-state index contributed by atoms with van der Waals surface area (Å²) < 4.78 is 6.61. The van der Waals surface area contributed by atoms with Crippen LogP contribution in [0.3, 0.4) is 0 Å². The Hall–Kier alpha value is -2.40. The van der Waals surface area contributed by atoms with Gasteiger partial charge in [0.2, 0.25) is 0 Å². The summed E-state index contributed by atoms with van der Waals surface area (Å²) in [4.78, 5) is 11.4. The fourth-order valence-corrected chi connectivity index (χ4v) is 3.66. The smallest absolute Gasteiger partial charge is 0.305 e. The number of unbranched alkanes of at least 4 members (excludes halogenated alkanes) is 5. The largest absolute Gasteiger partial charge is 0.469 e. The molecule has 0 aliphatic carbocycles. The molecule has 5 heteroatoms. The number of hydrogen-bond acceptors (Lipinski definition) is 4. The van der Waals surface area contributed by atoms with Crippen LogP contribution in [0.1, 0.15) is 88.9 Å². The monoisotopic (exact) mass is 426 g/mol. The highest BCUT2D eigenvalue weighted by molar-refractivity contribution is 5.69. The average molecular weight is 427 g/mol. The Morgan fingerprint density at radius 2 is 1.97 bits per heavy atom. The third kappa shape index (κ3) is 8.33. The molecule has 0 fully saturated rings. The van der Waals surface area contributed by atoms with Crippen LogP contribution in [-0.4, -0.2) is 28.0 Å². The fourth-order valence-electron chi connectivity index (χ4n) is 3.66. The Kier molecular flexibility index (Phi) is 11.1. The van der Waals surface area contributed by atoms with Crippen molar-refractivity contribution in [2.45, 2.75) is 84.3 Å². The average Bonchev–Trinajstić information content (AvgIpc) is 3.27. The Morgan fingerprint density at radius 1 is 1.16 bits per heavy atom. The molecule has 0 amide bonds. The normalized spacial score (nSPS) is 12.4. The molecule has 1 aromatic carbocycles. The summed E-state index contributed by atoms with van der Waals surface area (Å²) in [6.45, 7) is 5.14. The van der Waals surface area contributed by atoms with E-state index in [0.29, 0.717) is 19.3 Å². The molecule has 1 unspecified atom stereocenters. The minimum absolute atomic E-state index is 0.237. The number of carbonyl (C=O) groups is 1. The number of esters is 1. The summed E-state index contributed by atoms with van der Waals surface area (Å²) in [6, 6.07) is 6.17. The van der Waals surface area contributed by atoms with E-state index >= 15 is 0 Å². The number of nitrogens with zero attached hydrogens (tertiary/aromatic N) is 2. The van der Waals surface area contributed by atoms with Crippen molar-refractivity contribution in [2.75, 3.05) is 7.11 Å². The SMILES string of the molecule is CCCCCCC/C=C/c1cc(-c2cnn(CC)c2)ccc1C(O)CCCC(=O)OC. The number of methoxy groups -OCH3 is 1. The number of hydrogen-bond donors (Lipinski definition) is 1. The molecule has 2 rings (SSSR count). The predicted molar refractivity (Wildman–Crippen MR) is 127 cm³/mol. The number of carbonyl (C=O) groups excluding carboxylic acids is 1. The van der Waals surface area contributed by atoms with Gasteiger partial charge in [-0.1, -0.05) is 56.9 Å². The van der Waals surface area contributed by atoms with Gasteiger partial charge in [0.15, 0.2) is 0 Å². The fraction of sp³-hybridized carbons (Fsp3) is 0.538. The second-order valence-corrected chi connectivity index (χ2v) is 8.02. The van der Waals surface area contributed by atoms with Crippen LogP contribution in [0.15, 0.2) is 36.7 Å². The van der Waals surface area contributed by atoms with E-state index in [-0.39, 0.29) is 5.97 Å². The van der Waals surface area contributed by atoms with E-state index in [1.54, 1.807) is 0 Å². The molecule has 1 aromatic heterocycles. The first-order chi connectivity index (χ1) is 15.1. The maximum absolute atomic E-state index is 11.4. The van der Waals surface area contributed by atoms with Crippen LogP contribution >= 0.6 is 0 Å². The molecule has 0 aliphatic rings. The molecule has 1 N–H and O–H groups in total. The first kappa shape index (κ1) is 24.9. The minimum Gasteiger partial charge on any atom is -0.469 e. The summed E-state index contributed by atoms with van der Waals surface area (Å²) in [5, 5.41) is 15.2. The van der Waals surface area contributed by atoms with E-state index in [1.807, 2.05) is 29.2 Å². The molecule has 0 spiro atoms. The lowest BCUT2D eigenvalue weighted by Gasteiger charge is -2.15. The van der Waals surface area contributed by atoms with Gasteiger partial charge in [-0.05, 0) is 55.4 Å². The second-order valence-electron chi connectivity index (χ2n) is 8.02. The third-order valence-corrected chi connectivity index (χ3v) is 5.59. The second kappa shape index (κ2) is 13.8. The molecule has 1 heterocycles. The van der Waals surface area contributed by atoms with Gasteiger partial charge in [0, 0.05) is 24.7 Å². The van der Waals surface area contributed by atoms with Crippen molar-refractivity contribution in [1.29, 1.82) is 0 Å². The van der Waals surface area contributed by atoms with Gasteiger partial charge in [-0.3, -0.25) is 9.48 Å². The first-order valence-corrected chi connectivity index (χ1v) is 11.7. The van der Waals surface area contributed by atoms with E-state index in [0.717, 1.165) is 35.2 Å². The van der Waals surface area contributed by atoms with Gasteiger partial charge in [-0.15, -0.1) is 0 Å². The molecule has 0 bridgehead atoms. The lowest BCUT2D eigenvalue weighted by molar-refractivity contribution is -0.140. The third-order valence-electron chi connectivity index (χ3n) is 5.59. The van der Waals surface area contributed by atoms with Crippen LogP contribution in [0, 0.1) is 0 Å². The summed E-state index contributed by atoms with van der Waals surface area (Å²) in [5.41, 5.74) is 4.09. The highest BCUT2D eigenvalue weighted by atomic mass is 16.5. The molecule has 0 saturated heterocycles. The zero-order chi connectivity index (χ0) is 22.5. The molecule has 0 saturated carbocycles. The van der Waals surface area contributed by atoms with Crippen LogP contribution in [0.5, 0.6) is 0 Å². The van der Waals surface area contributed by atoms with Gasteiger partial charge >= 0.3 is 5.97 Å². The van der Waals surface area contributed by atoms with Gasteiger partial charge < -0.3 is 9.84 Å². The summed E-state index contributed by atoms with van der Waals surface area (Å²) in [6.07, 6.45) is 16.5. The Labute approximate surface area is 187 Å². The highest BCUT2D eigenvalue weighted by Crippen LogP contribution is 2.29. The minimum atomic E-state index is -0.610. The molecule has 5 nitrogen and oxygen atoms in total. The van der Waals surface area contributed by atoms with Crippen LogP contribution < -0.4 is 0 Å². The molecular formula is C26H38N2O3. The van der Waals surface area contributed by atoms with Gasteiger partial charge in [-0.25, -0.2) is 0 Å². The zero-order valence-electron chi connectivity index (χ0n) is 19.3. The number of aliphatic hydroxyl groups excluding tert-OH is 1. The van der Waals surface area contributed by atoms with Crippen molar-refractivity contribution in [1.82, 2.24) is 9.78 Å². The van der Waals surface area contributed by atoms with Crippen molar-refractivity contribution in [3.8, 4) is 11.1 Å². The number of rotatable bonds is 14. The molecule has 0 aliphatic heterocycles. The first-order valence-electron chi connectivity index (χ1n) is 11.7. The topological polar surface area (TPSA) is 64.3 Å². The van der Waals surface area contributed by atoms with E-state index in [9.17, 15) is 9.90 Å². The van der Waals surface area contributed by atoms with Gasteiger partial charge in [-0.2, -0.15) is 5.10 Å². The van der Waals surface area contributed by atoms with Crippen molar-refractivity contribution in [2.24, 2.45) is 0 Å². The maximum atomic E-state index is 11.4. The molecule has 2 aromatic rings. The maximum Gasteiger partial charge on any atom is 0.305 e. The van der Waals surface area contributed by atoms with Crippen LogP contribution in [0.4, 0.5) is 0 Å². The van der Waals surface area contributed by atoms with Crippen LogP contribution in [-0.2, 0) is 16.1 Å². The standard InChI is InChI=1S/C26H38N2O3/c1-4-6-7-8-9-10-11-13-22-18-21(23-19-27-28(5-2)20-23)16-17-24(22)25(29)14-12-15-26(30)31-3/h11,13,16-20,25,29H,4-10,12,14-15H2,1-3H3/b13-11+. The highest BCUT2D eigenvalue weighted by Gasteiger charge is 2.14. The predicted octanol–water partition coefficient (Wildman–Crippen LogP) is 6.32. The Balaban J connectivity index is 2.13. The van der Waals surface area contributed by atoms with Crippen LogP contribution in [0.2, 0.25) is 0 Å². The lowest BCUT2D eigenvalue weighted by atomic mass is 9.94. The summed E-state index contributed by atoms with van der Waals surface area (Å²) in [5.74, 6) is -0.237. The summed E-state index contributed by atoms with van der Waals surface area (Å²) >= 11 is 0. The van der Waals surface area contributed by atoms with E-state index in [2.05, 4.69) is 37.2 Å².